The van der Waals surface area contributed by atoms with Gasteiger partial charge in [-0.25, -0.2) is 4.68 Å². The molecule has 0 unspecified atom stereocenters. The molecule has 28 heavy (non-hydrogen) atoms. The van der Waals surface area contributed by atoms with E-state index in [0.29, 0.717) is 16.5 Å². The normalized spacial score (nSPS) is 10.5. The monoisotopic (exact) mass is 397 g/mol. The summed E-state index contributed by atoms with van der Waals surface area (Å²) in [6.07, 6.45) is 1.56. The van der Waals surface area contributed by atoms with Gasteiger partial charge in [0.1, 0.15) is 5.75 Å². The highest BCUT2D eigenvalue weighted by Crippen LogP contribution is 2.27. The van der Waals surface area contributed by atoms with Crippen LogP contribution < -0.4 is 4.74 Å². The summed E-state index contributed by atoms with van der Waals surface area (Å²) < 4.78 is 7.03. The first-order valence-corrected chi connectivity index (χ1v) is 9.02. The van der Waals surface area contributed by atoms with Crippen molar-refractivity contribution in [1.29, 1.82) is 0 Å². The van der Waals surface area contributed by atoms with E-state index in [0.717, 1.165) is 34.6 Å². The Bertz CT molecular complexity index is 966. The van der Waals surface area contributed by atoms with Gasteiger partial charge in [0.05, 0.1) is 24.2 Å². The maximum atomic E-state index is 11.8. The van der Waals surface area contributed by atoms with Crippen LogP contribution >= 0.6 is 11.6 Å². The predicted octanol–water partition coefficient (Wildman–Crippen LogP) is 4.50. The third-order valence-corrected chi connectivity index (χ3v) is 4.49. The lowest BCUT2D eigenvalue weighted by Gasteiger charge is -2.09. The molecular weight excluding hydrogens is 378 g/mol. The van der Waals surface area contributed by atoms with Gasteiger partial charge in [-0.3, -0.25) is 10.0 Å². The highest BCUT2D eigenvalue weighted by molar-refractivity contribution is 6.30. The summed E-state index contributed by atoms with van der Waals surface area (Å²) in [7, 11) is 1.62. The fourth-order valence-corrected chi connectivity index (χ4v) is 2.88. The number of benzene rings is 2. The van der Waals surface area contributed by atoms with E-state index >= 15 is 0 Å². The molecule has 0 aliphatic carbocycles. The second kappa shape index (κ2) is 8.73. The number of aryl methyl sites for hydroxylation is 1. The number of rotatable bonds is 7. The summed E-state index contributed by atoms with van der Waals surface area (Å²) in [5, 5.41) is 15.2. The van der Waals surface area contributed by atoms with Crippen molar-refractivity contribution in [3.63, 3.8) is 0 Å². The maximum Gasteiger partial charge on any atom is 0.250 e. The van der Waals surface area contributed by atoms with Crippen LogP contribution in [0.2, 0.25) is 5.02 Å². The minimum Gasteiger partial charge on any atom is -0.497 e. The highest BCUT2D eigenvalue weighted by Gasteiger charge is 2.14. The van der Waals surface area contributed by atoms with Crippen LogP contribution in [0, 0.1) is 0 Å². The Kier molecular flexibility index (Phi) is 6.13. The lowest BCUT2D eigenvalue weighted by Crippen LogP contribution is -2.21. The van der Waals surface area contributed by atoms with Crippen LogP contribution in [-0.4, -0.2) is 33.1 Å². The Balaban J connectivity index is 1.95. The quantitative estimate of drug-likeness (QED) is 0.471. The van der Waals surface area contributed by atoms with Gasteiger partial charge < -0.3 is 4.74 Å². The Labute approximate surface area is 168 Å². The molecular formula is C21H20ClN3O3. The molecule has 1 heterocycles. The minimum atomic E-state index is -0.443. The van der Waals surface area contributed by atoms with E-state index in [4.69, 9.17) is 16.3 Å². The second-order valence-electron chi connectivity index (χ2n) is 6.06. The van der Waals surface area contributed by atoms with Gasteiger partial charge in [-0.1, -0.05) is 30.3 Å². The topological polar surface area (TPSA) is 67.6 Å². The van der Waals surface area contributed by atoms with Crippen molar-refractivity contribution in [3.05, 3.63) is 78.1 Å². The van der Waals surface area contributed by atoms with Gasteiger partial charge in [0.2, 0.25) is 5.91 Å². The number of carbonyl (C=O) groups is 1. The zero-order valence-corrected chi connectivity index (χ0v) is 16.1. The molecule has 1 N–H and O–H groups in total. The Morgan fingerprint density at radius 2 is 1.93 bits per heavy atom. The van der Waals surface area contributed by atoms with E-state index < -0.39 is 5.91 Å². The number of hydrogen-bond donors (Lipinski definition) is 1. The van der Waals surface area contributed by atoms with Crippen molar-refractivity contribution in [2.24, 2.45) is 0 Å². The van der Waals surface area contributed by atoms with Crippen molar-refractivity contribution in [1.82, 2.24) is 14.8 Å². The molecule has 6 nitrogen and oxygen atoms in total. The van der Waals surface area contributed by atoms with Gasteiger partial charge in [-0.15, -0.1) is 0 Å². The predicted molar refractivity (Wildman–Crippen MR) is 108 cm³/mol. The summed E-state index contributed by atoms with van der Waals surface area (Å²) in [4.78, 5) is 11.8. The zero-order valence-electron chi connectivity index (χ0n) is 15.4. The van der Waals surface area contributed by atoms with Gasteiger partial charge in [-0.2, -0.15) is 10.2 Å². The molecule has 1 aromatic heterocycles. The Morgan fingerprint density at radius 3 is 2.54 bits per heavy atom. The first kappa shape index (κ1) is 19.7. The molecule has 3 rings (SSSR count). The van der Waals surface area contributed by atoms with Gasteiger partial charge >= 0.3 is 0 Å². The number of carbonyl (C=O) groups excluding carboxylic acids is 1. The van der Waals surface area contributed by atoms with Crippen LogP contribution in [0.3, 0.4) is 0 Å². The standard InChI is InChI=1S/C21H20ClN3O3/c1-3-24(27)21(26)13-8-17-14-20(15-4-6-16(22)7-5-15)25(23-17)18-9-11-19(28-2)12-10-18/h3-7,9-12,14,27H,1,8,13H2,2H3. The Hall–Kier alpha value is -3.09. The number of halogens is 1. The number of nitrogens with zero attached hydrogens (tertiary/aromatic N) is 3. The molecule has 0 aliphatic heterocycles. The summed E-state index contributed by atoms with van der Waals surface area (Å²) in [6, 6.07) is 16.9. The molecule has 0 fully saturated rings. The summed E-state index contributed by atoms with van der Waals surface area (Å²) in [5.41, 5.74) is 3.40. The molecule has 2 aromatic carbocycles. The molecule has 0 saturated carbocycles. The molecule has 3 aromatic rings. The van der Waals surface area contributed by atoms with Crippen LogP contribution in [-0.2, 0) is 11.2 Å². The van der Waals surface area contributed by atoms with Crippen molar-refractivity contribution in [3.8, 4) is 22.7 Å². The zero-order chi connectivity index (χ0) is 20.1. The van der Waals surface area contributed by atoms with Crippen molar-refractivity contribution in [2.45, 2.75) is 12.8 Å². The van der Waals surface area contributed by atoms with E-state index in [-0.39, 0.29) is 6.42 Å². The smallest absolute Gasteiger partial charge is 0.250 e. The number of methoxy groups -OCH3 is 1. The molecule has 0 bridgehead atoms. The van der Waals surface area contributed by atoms with E-state index in [1.165, 1.54) is 0 Å². The summed E-state index contributed by atoms with van der Waals surface area (Å²) >= 11 is 6.01. The number of amides is 1. The van der Waals surface area contributed by atoms with Crippen LogP contribution in [0.1, 0.15) is 12.1 Å². The molecule has 1 amide bonds. The van der Waals surface area contributed by atoms with Crippen molar-refractivity contribution < 1.29 is 14.7 Å². The van der Waals surface area contributed by atoms with Gasteiger partial charge in [0, 0.05) is 29.6 Å². The third kappa shape index (κ3) is 4.42. The van der Waals surface area contributed by atoms with Crippen molar-refractivity contribution in [2.75, 3.05) is 7.11 Å². The summed E-state index contributed by atoms with van der Waals surface area (Å²) in [6.45, 7) is 3.37. The van der Waals surface area contributed by atoms with E-state index in [9.17, 15) is 10.0 Å². The van der Waals surface area contributed by atoms with Crippen LogP contribution in [0.25, 0.3) is 16.9 Å². The average molecular weight is 398 g/mol. The number of hydrogen-bond acceptors (Lipinski definition) is 4. The molecule has 0 saturated heterocycles. The highest BCUT2D eigenvalue weighted by atomic mass is 35.5. The van der Waals surface area contributed by atoms with E-state index in [1.54, 1.807) is 7.11 Å². The molecule has 0 atom stereocenters. The van der Waals surface area contributed by atoms with Gasteiger partial charge in [0.15, 0.2) is 0 Å². The fourth-order valence-electron chi connectivity index (χ4n) is 2.75. The number of aromatic nitrogens is 2. The SMILES string of the molecule is C=CN(O)C(=O)CCc1cc(-c2ccc(Cl)cc2)n(-c2ccc(OC)cc2)n1. The average Bonchev–Trinajstić information content (AvgIpc) is 3.16. The second-order valence-corrected chi connectivity index (χ2v) is 6.49. The number of ether oxygens (including phenoxy) is 1. The molecule has 0 aliphatic rings. The first-order valence-electron chi connectivity index (χ1n) is 8.64. The number of hydroxylamine groups is 2. The van der Waals surface area contributed by atoms with E-state index in [2.05, 4.69) is 11.7 Å². The van der Waals surface area contributed by atoms with Crippen LogP contribution in [0.5, 0.6) is 5.75 Å². The van der Waals surface area contributed by atoms with Crippen LogP contribution in [0.4, 0.5) is 0 Å². The largest absolute Gasteiger partial charge is 0.497 e. The molecule has 0 radical (unpaired) electrons. The van der Waals surface area contributed by atoms with E-state index in [1.807, 2.05) is 59.3 Å². The lowest BCUT2D eigenvalue weighted by atomic mass is 10.1. The summed E-state index contributed by atoms with van der Waals surface area (Å²) in [5.74, 6) is 0.310. The fraction of sp³-hybridized carbons (Fsp3) is 0.143. The maximum absolute atomic E-state index is 11.8. The van der Waals surface area contributed by atoms with Gasteiger partial charge in [0.25, 0.3) is 0 Å². The first-order chi connectivity index (χ1) is 13.5. The van der Waals surface area contributed by atoms with Crippen LogP contribution in [0.15, 0.2) is 67.4 Å². The lowest BCUT2D eigenvalue weighted by molar-refractivity contribution is -0.153. The Morgan fingerprint density at radius 1 is 1.25 bits per heavy atom. The molecule has 144 valence electrons. The van der Waals surface area contributed by atoms with Crippen molar-refractivity contribution >= 4 is 17.5 Å². The molecule has 0 spiro atoms. The third-order valence-electron chi connectivity index (χ3n) is 4.24. The molecule has 7 heteroatoms. The minimum absolute atomic E-state index is 0.113. The van der Waals surface area contributed by atoms with Gasteiger partial charge in [-0.05, 0) is 42.5 Å².